The molecule has 0 fully saturated rings. The van der Waals surface area contributed by atoms with Gasteiger partial charge in [-0.15, -0.1) is 0 Å². The van der Waals surface area contributed by atoms with Crippen LogP contribution >= 0.6 is 0 Å². The summed E-state index contributed by atoms with van der Waals surface area (Å²) in [6.45, 7) is 1.32. The topological polar surface area (TPSA) is 44.8 Å². The Bertz CT molecular complexity index is 664. The number of aldehydes is 1. The van der Waals surface area contributed by atoms with E-state index in [9.17, 15) is 4.79 Å². The number of hydrogen-bond acceptors (Lipinski definition) is 4. The summed E-state index contributed by atoms with van der Waals surface area (Å²) in [6, 6.07) is 11.3. The van der Waals surface area contributed by atoms with Crippen molar-refractivity contribution >= 4 is 6.29 Å². The number of hydrogen-bond donors (Lipinski definition) is 0. The van der Waals surface area contributed by atoms with Gasteiger partial charge in [0.15, 0.2) is 17.8 Å². The Morgan fingerprint density at radius 3 is 2.48 bits per heavy atom. The quantitative estimate of drug-likeness (QED) is 0.811. The minimum Gasteiger partial charge on any atom is -0.496 e. The first-order chi connectivity index (χ1) is 10.3. The van der Waals surface area contributed by atoms with Crippen LogP contribution in [0.4, 0.5) is 0 Å². The molecule has 0 saturated carbocycles. The molecule has 0 radical (unpaired) electrons. The van der Waals surface area contributed by atoms with E-state index < -0.39 is 0 Å². The molecule has 0 aliphatic carbocycles. The van der Waals surface area contributed by atoms with E-state index >= 15 is 0 Å². The van der Waals surface area contributed by atoms with E-state index in [-0.39, 0.29) is 0 Å². The van der Waals surface area contributed by atoms with Crippen molar-refractivity contribution in [1.82, 2.24) is 0 Å². The van der Waals surface area contributed by atoms with Crippen LogP contribution in [0.3, 0.4) is 0 Å². The maximum Gasteiger partial charge on any atom is 0.161 e. The van der Waals surface area contributed by atoms with Gasteiger partial charge in [0.2, 0.25) is 0 Å². The number of carbonyl (C=O) groups is 1. The molecule has 0 saturated heterocycles. The smallest absolute Gasteiger partial charge is 0.161 e. The van der Waals surface area contributed by atoms with Crippen LogP contribution < -0.4 is 14.2 Å². The Morgan fingerprint density at radius 2 is 1.71 bits per heavy atom. The summed E-state index contributed by atoms with van der Waals surface area (Å²) in [5, 5.41) is 0. The first kappa shape index (κ1) is 13.5. The summed E-state index contributed by atoms with van der Waals surface area (Å²) in [4.78, 5) is 11.1. The highest BCUT2D eigenvalue weighted by molar-refractivity contribution is 5.83. The molecule has 0 amide bonds. The molecule has 1 aliphatic heterocycles. The molecule has 0 unspecified atom stereocenters. The third kappa shape index (κ3) is 2.70. The van der Waals surface area contributed by atoms with Gasteiger partial charge in [-0.3, -0.25) is 4.79 Å². The van der Waals surface area contributed by atoms with Gasteiger partial charge < -0.3 is 14.2 Å². The van der Waals surface area contributed by atoms with Gasteiger partial charge in [0.05, 0.1) is 25.9 Å². The maximum atomic E-state index is 11.1. The van der Waals surface area contributed by atoms with E-state index in [4.69, 9.17) is 14.2 Å². The van der Waals surface area contributed by atoms with Crippen molar-refractivity contribution in [3.05, 3.63) is 42.0 Å². The second kappa shape index (κ2) is 5.87. The van der Waals surface area contributed by atoms with Crippen LogP contribution in [0.2, 0.25) is 0 Å². The van der Waals surface area contributed by atoms with Crippen LogP contribution in [0, 0.1) is 0 Å². The molecule has 108 valence electrons. The summed E-state index contributed by atoms with van der Waals surface area (Å²) in [5.41, 5.74) is 2.45. The van der Waals surface area contributed by atoms with Gasteiger partial charge in [0, 0.05) is 6.42 Å². The largest absolute Gasteiger partial charge is 0.496 e. The molecule has 2 aromatic carbocycles. The van der Waals surface area contributed by atoms with Crippen molar-refractivity contribution in [3.63, 3.8) is 0 Å². The monoisotopic (exact) mass is 284 g/mol. The lowest BCUT2D eigenvalue weighted by atomic mass is 10.0. The maximum absolute atomic E-state index is 11.1. The zero-order valence-electron chi connectivity index (χ0n) is 11.8. The van der Waals surface area contributed by atoms with Gasteiger partial charge >= 0.3 is 0 Å². The highest BCUT2D eigenvalue weighted by Gasteiger charge is 2.12. The summed E-state index contributed by atoms with van der Waals surface area (Å²) in [6.07, 6.45) is 1.67. The Balaban J connectivity index is 2.00. The number of methoxy groups -OCH3 is 1. The summed E-state index contributed by atoms with van der Waals surface area (Å²) >= 11 is 0. The zero-order chi connectivity index (χ0) is 14.7. The van der Waals surface area contributed by atoms with E-state index in [1.54, 1.807) is 13.2 Å². The molecule has 0 aromatic heterocycles. The molecule has 4 heteroatoms. The van der Waals surface area contributed by atoms with Crippen molar-refractivity contribution in [1.29, 1.82) is 0 Å². The Hall–Kier alpha value is -2.49. The average molecular weight is 284 g/mol. The van der Waals surface area contributed by atoms with Crippen LogP contribution in [-0.2, 0) is 0 Å². The summed E-state index contributed by atoms with van der Waals surface area (Å²) < 4.78 is 16.5. The molecule has 1 aliphatic rings. The van der Waals surface area contributed by atoms with E-state index in [2.05, 4.69) is 0 Å². The van der Waals surface area contributed by atoms with Gasteiger partial charge in [0.25, 0.3) is 0 Å². The summed E-state index contributed by atoms with van der Waals surface area (Å²) in [7, 11) is 1.55. The third-order valence-electron chi connectivity index (χ3n) is 3.44. The standard InChI is InChI=1S/C17H16O4/c1-19-15-5-3-12(9-14(15)11-18)13-4-6-16-17(10-13)21-8-2-7-20-16/h3-6,9-11H,2,7-8H2,1H3. The molecular weight excluding hydrogens is 268 g/mol. The zero-order valence-corrected chi connectivity index (χ0v) is 11.8. The SMILES string of the molecule is COc1ccc(-c2ccc3c(c2)OCCCO3)cc1C=O. The van der Waals surface area contributed by atoms with Crippen molar-refractivity contribution in [2.24, 2.45) is 0 Å². The Labute approximate surface area is 123 Å². The van der Waals surface area contributed by atoms with Crippen LogP contribution in [0.5, 0.6) is 17.2 Å². The second-order valence-electron chi connectivity index (χ2n) is 4.79. The van der Waals surface area contributed by atoms with Crippen molar-refractivity contribution in [2.45, 2.75) is 6.42 Å². The van der Waals surface area contributed by atoms with Crippen molar-refractivity contribution in [2.75, 3.05) is 20.3 Å². The minimum atomic E-state index is 0.530. The molecular formula is C17H16O4. The highest BCUT2D eigenvalue weighted by atomic mass is 16.5. The molecule has 3 rings (SSSR count). The van der Waals surface area contributed by atoms with E-state index in [1.807, 2.05) is 30.3 Å². The average Bonchev–Trinajstić information content (AvgIpc) is 2.78. The van der Waals surface area contributed by atoms with Crippen molar-refractivity contribution < 1.29 is 19.0 Å². The number of rotatable bonds is 3. The van der Waals surface area contributed by atoms with Crippen molar-refractivity contribution in [3.8, 4) is 28.4 Å². The van der Waals surface area contributed by atoms with E-state index in [0.717, 1.165) is 35.3 Å². The van der Waals surface area contributed by atoms with E-state index in [1.165, 1.54) is 0 Å². The molecule has 0 atom stereocenters. The third-order valence-corrected chi connectivity index (χ3v) is 3.44. The molecule has 0 spiro atoms. The predicted molar refractivity (Wildman–Crippen MR) is 79.4 cm³/mol. The molecule has 21 heavy (non-hydrogen) atoms. The number of carbonyl (C=O) groups excluding carboxylic acids is 1. The highest BCUT2D eigenvalue weighted by Crippen LogP contribution is 2.35. The Kier molecular flexibility index (Phi) is 3.77. The lowest BCUT2D eigenvalue weighted by Gasteiger charge is -2.11. The number of ether oxygens (including phenoxy) is 3. The van der Waals surface area contributed by atoms with Gasteiger partial charge in [-0.2, -0.15) is 0 Å². The van der Waals surface area contributed by atoms with E-state index in [0.29, 0.717) is 24.5 Å². The predicted octanol–water partition coefficient (Wildman–Crippen LogP) is 3.34. The van der Waals surface area contributed by atoms with Crippen LogP contribution in [0.15, 0.2) is 36.4 Å². The minimum absolute atomic E-state index is 0.530. The lowest BCUT2D eigenvalue weighted by Crippen LogP contribution is -1.97. The van der Waals surface area contributed by atoms with Gasteiger partial charge in [-0.05, 0) is 35.4 Å². The normalized spacial score (nSPS) is 13.4. The molecule has 0 bridgehead atoms. The van der Waals surface area contributed by atoms with Gasteiger partial charge in [-0.1, -0.05) is 12.1 Å². The number of fused-ring (bicyclic) bond motifs is 1. The van der Waals surface area contributed by atoms with Crippen LogP contribution in [0.1, 0.15) is 16.8 Å². The fourth-order valence-electron chi connectivity index (χ4n) is 2.35. The molecule has 2 aromatic rings. The first-order valence-corrected chi connectivity index (χ1v) is 6.85. The van der Waals surface area contributed by atoms with Crippen LogP contribution in [0.25, 0.3) is 11.1 Å². The molecule has 4 nitrogen and oxygen atoms in total. The molecule has 1 heterocycles. The van der Waals surface area contributed by atoms with Gasteiger partial charge in [0.1, 0.15) is 5.75 Å². The number of benzene rings is 2. The lowest BCUT2D eigenvalue weighted by molar-refractivity contribution is 0.112. The fourth-order valence-corrected chi connectivity index (χ4v) is 2.35. The summed E-state index contributed by atoms with van der Waals surface area (Å²) in [5.74, 6) is 2.08. The van der Waals surface area contributed by atoms with Crippen LogP contribution in [-0.4, -0.2) is 26.6 Å². The molecule has 0 N–H and O–H groups in total. The first-order valence-electron chi connectivity index (χ1n) is 6.85. The second-order valence-corrected chi connectivity index (χ2v) is 4.79. The Morgan fingerprint density at radius 1 is 1.00 bits per heavy atom. The fraction of sp³-hybridized carbons (Fsp3) is 0.235. The van der Waals surface area contributed by atoms with Gasteiger partial charge in [-0.25, -0.2) is 0 Å².